The smallest absolute Gasteiger partial charge is 0.325 e. The molecule has 5 rings (SSSR count). The lowest BCUT2D eigenvalue weighted by Crippen LogP contribution is -2.41. The highest BCUT2D eigenvalue weighted by atomic mass is 16.2. The summed E-state index contributed by atoms with van der Waals surface area (Å²) in [4.78, 5) is 39.9. The number of carbonyl (C=O) groups excluding carboxylic acids is 2. The Balaban J connectivity index is 1.39. The number of amides is 3. The molecule has 1 atom stereocenters. The number of aromatic nitrogens is 3. The van der Waals surface area contributed by atoms with Gasteiger partial charge in [0.05, 0.1) is 6.54 Å². The van der Waals surface area contributed by atoms with E-state index in [0.29, 0.717) is 0 Å². The topological polar surface area (TPSA) is 126 Å². The van der Waals surface area contributed by atoms with Gasteiger partial charge in [0, 0.05) is 5.69 Å². The second-order valence-electron chi connectivity index (χ2n) is 8.66. The van der Waals surface area contributed by atoms with Crippen molar-refractivity contribution >= 4 is 29.5 Å². The van der Waals surface area contributed by atoms with Gasteiger partial charge in [-0.25, -0.2) is 4.79 Å². The molecule has 3 aromatic rings. The highest BCUT2D eigenvalue weighted by Crippen LogP contribution is 2.33. The van der Waals surface area contributed by atoms with Gasteiger partial charge in [-0.3, -0.25) is 9.69 Å². The fourth-order valence-electron chi connectivity index (χ4n) is 4.46. The molecule has 1 saturated heterocycles. The lowest BCUT2D eigenvalue weighted by atomic mass is 9.89. The Labute approximate surface area is 191 Å². The van der Waals surface area contributed by atoms with Gasteiger partial charge in [-0.05, 0) is 61.4 Å². The first-order chi connectivity index (χ1) is 15.8. The highest BCUT2D eigenvalue weighted by molar-refractivity contribution is 6.07. The van der Waals surface area contributed by atoms with Gasteiger partial charge in [0.25, 0.3) is 5.91 Å². The molecule has 0 saturated carbocycles. The molecule has 1 fully saturated rings. The number of benzene rings is 2. The number of carbonyl (C=O) groups is 2. The molecule has 0 spiro atoms. The third-order valence-electron chi connectivity index (χ3n) is 6.34. The summed E-state index contributed by atoms with van der Waals surface area (Å²) in [5.74, 6) is 0.128. The van der Waals surface area contributed by atoms with Crippen LogP contribution in [-0.2, 0) is 29.7 Å². The lowest BCUT2D eigenvalue weighted by Gasteiger charge is -2.23. The van der Waals surface area contributed by atoms with Gasteiger partial charge in [0.1, 0.15) is 5.54 Å². The van der Waals surface area contributed by atoms with Crippen LogP contribution in [0.1, 0.15) is 41.4 Å². The Bertz CT molecular complexity index is 1280. The van der Waals surface area contributed by atoms with Crippen molar-refractivity contribution in [3.63, 3.8) is 0 Å². The highest BCUT2D eigenvalue weighted by Gasteiger charge is 2.49. The predicted octanol–water partition coefficient (Wildman–Crippen LogP) is 2.96. The molecule has 1 aliphatic heterocycles. The van der Waals surface area contributed by atoms with Crippen LogP contribution < -0.4 is 16.4 Å². The van der Waals surface area contributed by atoms with Crippen molar-refractivity contribution in [2.75, 3.05) is 11.1 Å². The van der Waals surface area contributed by atoms with Crippen LogP contribution in [-0.4, -0.2) is 31.8 Å². The van der Waals surface area contributed by atoms with Crippen LogP contribution in [0.2, 0.25) is 0 Å². The van der Waals surface area contributed by atoms with Crippen LogP contribution >= 0.6 is 0 Å². The number of rotatable bonds is 5. The van der Waals surface area contributed by atoms with Crippen LogP contribution in [0.15, 0.2) is 42.5 Å². The monoisotopic (exact) mass is 443 g/mol. The summed E-state index contributed by atoms with van der Waals surface area (Å²) in [7, 11) is 0. The molecule has 9 nitrogen and oxygen atoms in total. The summed E-state index contributed by atoms with van der Waals surface area (Å²) in [6.07, 6.45) is 3.16. The third-order valence-corrected chi connectivity index (χ3v) is 6.34. The molecular formula is C24H25N7O2. The van der Waals surface area contributed by atoms with Crippen LogP contribution in [0.5, 0.6) is 0 Å². The fourth-order valence-corrected chi connectivity index (χ4v) is 4.46. The number of nitrogens with zero attached hydrogens (tertiary/aromatic N) is 4. The molecule has 0 bridgehead atoms. The van der Waals surface area contributed by atoms with Crippen molar-refractivity contribution in [1.29, 1.82) is 0 Å². The molecule has 33 heavy (non-hydrogen) atoms. The second kappa shape index (κ2) is 7.84. The number of para-hydroxylation sites is 1. The molecule has 4 N–H and O–H groups in total. The maximum absolute atomic E-state index is 13.4. The third kappa shape index (κ3) is 3.75. The first-order valence-corrected chi connectivity index (χ1v) is 10.9. The van der Waals surface area contributed by atoms with E-state index in [0.717, 1.165) is 41.0 Å². The minimum atomic E-state index is -1.14. The van der Waals surface area contributed by atoms with Gasteiger partial charge in [-0.1, -0.05) is 36.4 Å². The Morgan fingerprint density at radius 3 is 2.70 bits per heavy atom. The number of hydrogen-bond acceptors (Lipinski definition) is 7. The Morgan fingerprint density at radius 2 is 1.88 bits per heavy atom. The van der Waals surface area contributed by atoms with Gasteiger partial charge in [0.15, 0.2) is 5.82 Å². The number of imide groups is 1. The van der Waals surface area contributed by atoms with Crippen molar-refractivity contribution in [3.05, 3.63) is 70.5 Å². The lowest BCUT2D eigenvalue weighted by molar-refractivity contribution is -0.131. The quantitative estimate of drug-likeness (QED) is 0.518. The number of nitrogens with one attached hydrogen (secondary N) is 2. The van der Waals surface area contributed by atoms with Gasteiger partial charge in [-0.2, -0.15) is 15.0 Å². The average Bonchev–Trinajstić information content (AvgIpc) is 3.33. The number of hydrogen-bond donors (Lipinski definition) is 3. The normalized spacial score (nSPS) is 19.5. The minimum absolute atomic E-state index is 0.00419. The van der Waals surface area contributed by atoms with Gasteiger partial charge in [0.2, 0.25) is 11.9 Å². The Morgan fingerprint density at radius 1 is 1.09 bits per heavy atom. The van der Waals surface area contributed by atoms with E-state index in [2.05, 4.69) is 31.7 Å². The van der Waals surface area contributed by atoms with Crippen LogP contribution in [0.3, 0.4) is 0 Å². The van der Waals surface area contributed by atoms with E-state index in [1.165, 1.54) is 11.1 Å². The van der Waals surface area contributed by atoms with E-state index in [4.69, 9.17) is 5.73 Å². The summed E-state index contributed by atoms with van der Waals surface area (Å²) in [6.45, 7) is 3.58. The molecule has 9 heteroatoms. The average molecular weight is 444 g/mol. The molecule has 2 heterocycles. The number of urea groups is 1. The largest absolute Gasteiger partial charge is 0.368 e. The van der Waals surface area contributed by atoms with Gasteiger partial charge < -0.3 is 16.4 Å². The van der Waals surface area contributed by atoms with E-state index in [1.54, 1.807) is 6.92 Å². The van der Waals surface area contributed by atoms with Crippen LogP contribution in [0.4, 0.5) is 22.4 Å². The maximum Gasteiger partial charge on any atom is 0.325 e. The zero-order valence-corrected chi connectivity index (χ0v) is 18.6. The fraction of sp³-hybridized carbons (Fsp3) is 0.292. The summed E-state index contributed by atoms with van der Waals surface area (Å²) in [5.41, 5.74) is 9.91. The molecule has 3 amide bonds. The number of aryl methyl sites for hydroxylation is 3. The van der Waals surface area contributed by atoms with E-state index in [9.17, 15) is 9.59 Å². The van der Waals surface area contributed by atoms with Gasteiger partial charge >= 0.3 is 6.03 Å². The molecule has 1 aliphatic carbocycles. The van der Waals surface area contributed by atoms with E-state index < -0.39 is 11.6 Å². The number of nitrogens with two attached hydrogens (primary N) is 1. The van der Waals surface area contributed by atoms with Crippen molar-refractivity contribution in [1.82, 2.24) is 25.2 Å². The molecule has 2 aliphatic rings. The first-order valence-electron chi connectivity index (χ1n) is 10.9. The summed E-state index contributed by atoms with van der Waals surface area (Å²) in [6, 6.07) is 13.2. The Kier molecular flexibility index (Phi) is 4.96. The molecule has 2 aromatic carbocycles. The number of nitrogen functional groups attached to an aromatic ring is 1. The van der Waals surface area contributed by atoms with Crippen molar-refractivity contribution < 1.29 is 9.59 Å². The molecular weight excluding hydrogens is 418 g/mol. The van der Waals surface area contributed by atoms with Gasteiger partial charge in [-0.15, -0.1) is 0 Å². The molecule has 0 radical (unpaired) electrons. The predicted molar refractivity (Wildman–Crippen MR) is 124 cm³/mol. The van der Waals surface area contributed by atoms with Crippen LogP contribution in [0.25, 0.3) is 0 Å². The van der Waals surface area contributed by atoms with E-state index >= 15 is 0 Å². The molecule has 0 unspecified atom stereocenters. The SMILES string of the molecule is Cc1ccccc1Nc1nc(N)nc(CN2C(=O)N[C@](C)(c3ccc4c(c3)CCC4)C2=O)n1. The summed E-state index contributed by atoms with van der Waals surface area (Å²) < 4.78 is 0. The molecule has 168 valence electrons. The van der Waals surface area contributed by atoms with Crippen molar-refractivity contribution in [2.45, 2.75) is 45.2 Å². The standard InChI is InChI=1S/C24H25N7O2/c1-14-6-3-4-9-18(14)26-22-28-19(27-21(25)29-22)13-31-20(32)24(2,30-23(31)33)17-11-10-15-7-5-8-16(15)12-17/h3-4,6,9-12H,5,7-8,13H2,1-2H3,(H,30,33)(H3,25,26,27,28,29)/t24-/m1/s1. The zero-order valence-electron chi connectivity index (χ0n) is 18.6. The first kappa shape index (κ1) is 20.9. The maximum atomic E-state index is 13.4. The number of anilines is 3. The Hall–Kier alpha value is -4.01. The summed E-state index contributed by atoms with van der Waals surface area (Å²) >= 11 is 0. The second-order valence-corrected chi connectivity index (χ2v) is 8.66. The molecule has 1 aromatic heterocycles. The van der Waals surface area contributed by atoms with E-state index in [1.807, 2.05) is 43.3 Å². The summed E-state index contributed by atoms with van der Waals surface area (Å²) in [5, 5.41) is 5.97. The van der Waals surface area contributed by atoms with Crippen LogP contribution in [0, 0.1) is 6.92 Å². The van der Waals surface area contributed by atoms with Crippen molar-refractivity contribution in [2.24, 2.45) is 0 Å². The minimum Gasteiger partial charge on any atom is -0.368 e. The van der Waals surface area contributed by atoms with Crippen molar-refractivity contribution in [3.8, 4) is 0 Å². The zero-order chi connectivity index (χ0) is 23.2. The number of fused-ring (bicyclic) bond motifs is 1. The van der Waals surface area contributed by atoms with E-state index in [-0.39, 0.29) is 30.2 Å².